The van der Waals surface area contributed by atoms with Crippen molar-refractivity contribution in [2.75, 3.05) is 19.7 Å². The van der Waals surface area contributed by atoms with Gasteiger partial charge in [-0.25, -0.2) is 0 Å². The second-order valence-electron chi connectivity index (χ2n) is 5.12. The van der Waals surface area contributed by atoms with E-state index in [1.165, 1.54) is 30.4 Å². The summed E-state index contributed by atoms with van der Waals surface area (Å²) in [5, 5.41) is 0. The minimum absolute atomic E-state index is 0.431. The molecule has 3 heteroatoms. The van der Waals surface area contributed by atoms with Gasteiger partial charge in [-0.15, -0.1) is 0 Å². The fourth-order valence-corrected chi connectivity index (χ4v) is 2.47. The summed E-state index contributed by atoms with van der Waals surface area (Å²) in [6, 6.07) is 2.12. The van der Waals surface area contributed by atoms with Crippen LogP contribution in [0.25, 0.3) is 0 Å². The molecule has 0 radical (unpaired) electrons. The van der Waals surface area contributed by atoms with Crippen molar-refractivity contribution >= 4 is 0 Å². The van der Waals surface area contributed by atoms with Crippen LogP contribution in [0.2, 0.25) is 0 Å². The highest BCUT2D eigenvalue weighted by atomic mass is 16.5. The molecule has 18 heavy (non-hydrogen) atoms. The molecular formula is C15H24N2O. The highest BCUT2D eigenvalue weighted by Gasteiger charge is 2.17. The Morgan fingerprint density at radius 3 is 3.00 bits per heavy atom. The number of aryl methyl sites for hydroxylation is 1. The average Bonchev–Trinajstić information content (AvgIpc) is 2.41. The van der Waals surface area contributed by atoms with Crippen LogP contribution in [-0.2, 0) is 11.3 Å². The molecular weight excluding hydrogens is 224 g/mol. The van der Waals surface area contributed by atoms with E-state index in [4.69, 9.17) is 4.74 Å². The average molecular weight is 248 g/mol. The Kier molecular flexibility index (Phi) is 5.14. The van der Waals surface area contributed by atoms with Gasteiger partial charge in [0.2, 0.25) is 0 Å². The van der Waals surface area contributed by atoms with E-state index in [2.05, 4.69) is 29.8 Å². The zero-order valence-electron chi connectivity index (χ0n) is 11.6. The first-order valence-corrected chi connectivity index (χ1v) is 7.03. The molecule has 100 valence electrons. The molecule has 1 saturated heterocycles. The van der Waals surface area contributed by atoms with E-state index in [1.807, 2.05) is 12.4 Å². The molecule has 0 aliphatic carbocycles. The normalized spacial score (nSPS) is 20.3. The molecule has 0 amide bonds. The summed E-state index contributed by atoms with van der Waals surface area (Å²) in [5.74, 6) is 0. The number of nitrogens with zero attached hydrogens (tertiary/aromatic N) is 2. The second kappa shape index (κ2) is 6.86. The van der Waals surface area contributed by atoms with E-state index in [-0.39, 0.29) is 0 Å². The summed E-state index contributed by atoms with van der Waals surface area (Å²) in [5.41, 5.74) is 2.66. The van der Waals surface area contributed by atoms with Gasteiger partial charge in [0, 0.05) is 32.1 Å². The summed E-state index contributed by atoms with van der Waals surface area (Å²) in [6.45, 7) is 8.42. The zero-order chi connectivity index (χ0) is 12.8. The van der Waals surface area contributed by atoms with Crippen LogP contribution in [0.3, 0.4) is 0 Å². The first kappa shape index (κ1) is 13.5. The summed E-state index contributed by atoms with van der Waals surface area (Å²) in [6.07, 6.45) is 8.02. The predicted molar refractivity (Wildman–Crippen MR) is 73.5 cm³/mol. The van der Waals surface area contributed by atoms with Gasteiger partial charge in [0.15, 0.2) is 0 Å². The van der Waals surface area contributed by atoms with E-state index >= 15 is 0 Å². The number of likely N-dealkylation sites (N-methyl/N-ethyl adjacent to an activating group) is 1. The molecule has 3 nitrogen and oxygen atoms in total. The van der Waals surface area contributed by atoms with Gasteiger partial charge in [0.25, 0.3) is 0 Å². The van der Waals surface area contributed by atoms with Crippen molar-refractivity contribution in [2.24, 2.45) is 0 Å². The molecule has 0 spiro atoms. The van der Waals surface area contributed by atoms with Crippen molar-refractivity contribution in [1.82, 2.24) is 9.88 Å². The van der Waals surface area contributed by atoms with Gasteiger partial charge < -0.3 is 4.74 Å². The van der Waals surface area contributed by atoms with Crippen LogP contribution in [0.15, 0.2) is 18.5 Å². The smallest absolute Gasteiger partial charge is 0.0702 e. The zero-order valence-corrected chi connectivity index (χ0v) is 11.6. The molecule has 1 aliphatic rings. The lowest BCUT2D eigenvalue weighted by Gasteiger charge is -2.29. The number of hydrogen-bond acceptors (Lipinski definition) is 3. The van der Waals surface area contributed by atoms with E-state index in [1.54, 1.807) is 0 Å². The van der Waals surface area contributed by atoms with Crippen molar-refractivity contribution in [3.8, 4) is 0 Å². The van der Waals surface area contributed by atoms with Crippen LogP contribution in [0.1, 0.15) is 37.3 Å². The summed E-state index contributed by atoms with van der Waals surface area (Å²) in [7, 11) is 0. The third-order valence-electron chi connectivity index (χ3n) is 3.71. The van der Waals surface area contributed by atoms with Crippen molar-refractivity contribution < 1.29 is 4.74 Å². The van der Waals surface area contributed by atoms with Crippen LogP contribution in [-0.4, -0.2) is 35.7 Å². The Labute approximate surface area is 110 Å². The monoisotopic (exact) mass is 248 g/mol. The van der Waals surface area contributed by atoms with Crippen LogP contribution in [0.5, 0.6) is 0 Å². The fourth-order valence-electron chi connectivity index (χ4n) is 2.47. The lowest BCUT2D eigenvalue weighted by atomic mass is 10.1. The van der Waals surface area contributed by atoms with Crippen LogP contribution < -0.4 is 0 Å². The van der Waals surface area contributed by atoms with E-state index in [0.717, 1.165) is 26.2 Å². The molecule has 1 fully saturated rings. The van der Waals surface area contributed by atoms with Crippen LogP contribution in [0.4, 0.5) is 0 Å². The number of rotatable bonds is 5. The number of hydrogen-bond donors (Lipinski definition) is 0. The maximum Gasteiger partial charge on any atom is 0.0702 e. The fraction of sp³-hybridized carbons (Fsp3) is 0.667. The molecule has 0 saturated carbocycles. The summed E-state index contributed by atoms with van der Waals surface area (Å²) >= 11 is 0. The molecule has 0 N–H and O–H groups in total. The SMILES string of the molecule is CCN(Cc1ccncc1C)C[C@H]1CCCCO1. The van der Waals surface area contributed by atoms with Gasteiger partial charge in [-0.2, -0.15) is 0 Å². The molecule has 1 atom stereocenters. The maximum absolute atomic E-state index is 5.82. The number of ether oxygens (including phenoxy) is 1. The minimum Gasteiger partial charge on any atom is -0.377 e. The van der Waals surface area contributed by atoms with E-state index < -0.39 is 0 Å². The quantitative estimate of drug-likeness (QED) is 0.801. The Morgan fingerprint density at radius 2 is 2.33 bits per heavy atom. The molecule has 0 bridgehead atoms. The second-order valence-corrected chi connectivity index (χ2v) is 5.12. The van der Waals surface area contributed by atoms with Crippen LogP contribution in [0, 0.1) is 6.92 Å². The standard InChI is InChI=1S/C15H24N2O/c1-3-17(12-15-6-4-5-9-18-15)11-14-7-8-16-10-13(14)2/h7-8,10,15H,3-6,9,11-12H2,1-2H3/t15-/m1/s1. The van der Waals surface area contributed by atoms with Crippen molar-refractivity contribution in [2.45, 2.75) is 45.8 Å². The summed E-state index contributed by atoms with van der Waals surface area (Å²) in [4.78, 5) is 6.62. The Balaban J connectivity index is 1.90. The number of aromatic nitrogens is 1. The molecule has 1 aliphatic heterocycles. The van der Waals surface area contributed by atoms with Crippen LogP contribution >= 0.6 is 0 Å². The predicted octanol–water partition coefficient (Wildman–Crippen LogP) is 2.78. The van der Waals surface area contributed by atoms with Crippen molar-refractivity contribution in [3.05, 3.63) is 29.6 Å². The third kappa shape index (κ3) is 3.79. The molecule has 0 aromatic carbocycles. The molecule has 1 aromatic rings. The highest BCUT2D eigenvalue weighted by molar-refractivity contribution is 5.21. The lowest BCUT2D eigenvalue weighted by molar-refractivity contribution is -0.00626. The summed E-state index contributed by atoms with van der Waals surface area (Å²) < 4.78 is 5.82. The van der Waals surface area contributed by atoms with Gasteiger partial charge in [0.05, 0.1) is 6.10 Å². The van der Waals surface area contributed by atoms with Gasteiger partial charge >= 0.3 is 0 Å². The topological polar surface area (TPSA) is 25.4 Å². The minimum atomic E-state index is 0.431. The molecule has 2 heterocycles. The van der Waals surface area contributed by atoms with Crippen molar-refractivity contribution in [3.63, 3.8) is 0 Å². The molecule has 0 unspecified atom stereocenters. The first-order valence-electron chi connectivity index (χ1n) is 7.03. The maximum atomic E-state index is 5.82. The third-order valence-corrected chi connectivity index (χ3v) is 3.71. The largest absolute Gasteiger partial charge is 0.377 e. The van der Waals surface area contributed by atoms with Crippen molar-refractivity contribution in [1.29, 1.82) is 0 Å². The van der Waals surface area contributed by atoms with E-state index in [9.17, 15) is 0 Å². The van der Waals surface area contributed by atoms with Gasteiger partial charge in [0.1, 0.15) is 0 Å². The Morgan fingerprint density at radius 1 is 1.44 bits per heavy atom. The van der Waals surface area contributed by atoms with E-state index in [0.29, 0.717) is 6.10 Å². The molecule has 2 rings (SSSR count). The van der Waals surface area contributed by atoms with Gasteiger partial charge in [-0.1, -0.05) is 6.92 Å². The highest BCUT2D eigenvalue weighted by Crippen LogP contribution is 2.16. The van der Waals surface area contributed by atoms with Gasteiger partial charge in [-0.3, -0.25) is 9.88 Å². The first-order chi connectivity index (χ1) is 8.79. The number of pyridine rings is 1. The molecule has 1 aromatic heterocycles. The Bertz CT molecular complexity index is 361. The Hall–Kier alpha value is -0.930. The lowest BCUT2D eigenvalue weighted by Crippen LogP contribution is -2.35. The van der Waals surface area contributed by atoms with Gasteiger partial charge in [-0.05, 0) is 49.9 Å².